The first-order valence-electron chi connectivity index (χ1n) is 8.60. The van der Waals surface area contributed by atoms with Gasteiger partial charge in [0.25, 0.3) is 5.91 Å². The number of anilines is 1. The highest BCUT2D eigenvalue weighted by atomic mass is 35.5. The molecule has 1 N–H and O–H groups in total. The van der Waals surface area contributed by atoms with Gasteiger partial charge in [-0.15, -0.1) is 0 Å². The number of amides is 1. The number of carbonyl (C=O) groups is 2. The second-order valence-corrected chi connectivity index (χ2v) is 6.54. The molecule has 6 heteroatoms. The van der Waals surface area contributed by atoms with Gasteiger partial charge in [0.05, 0.1) is 11.6 Å². The summed E-state index contributed by atoms with van der Waals surface area (Å²) < 4.78 is 5.45. The lowest BCUT2D eigenvalue weighted by Crippen LogP contribution is -2.33. The van der Waals surface area contributed by atoms with Crippen LogP contribution in [0.5, 0.6) is 0 Å². The third-order valence-corrected chi connectivity index (χ3v) is 4.61. The summed E-state index contributed by atoms with van der Waals surface area (Å²) in [6, 6.07) is 12.8. The van der Waals surface area contributed by atoms with E-state index in [-0.39, 0.29) is 11.1 Å². The molecular weight excluding hydrogens is 352 g/mol. The minimum atomic E-state index is -0.950. The number of halogens is 1. The van der Waals surface area contributed by atoms with Crippen molar-refractivity contribution >= 4 is 29.2 Å². The number of rotatable bonds is 7. The molecule has 0 saturated heterocycles. The van der Waals surface area contributed by atoms with Crippen LogP contribution in [0.3, 0.4) is 0 Å². The monoisotopic (exact) mass is 374 g/mol. The summed E-state index contributed by atoms with van der Waals surface area (Å²) in [6.45, 7) is 5.56. The number of hydrogen-bond acceptors (Lipinski definition) is 4. The fourth-order valence-electron chi connectivity index (χ4n) is 2.61. The van der Waals surface area contributed by atoms with Crippen LogP contribution >= 0.6 is 11.6 Å². The standard InChI is InChI=1S/C20H23ClN2O3/c1-4-13(2)17(15-9-6-5-7-10-15)20(25)26-14(3)19(24)23-16-11-8-12-22-18(16)21/h5-14,17H,4H2,1-3H3,(H,23,24)/t13-,14+,17+/m1/s1. The van der Waals surface area contributed by atoms with Gasteiger partial charge in [-0.05, 0) is 30.5 Å². The lowest BCUT2D eigenvalue weighted by molar-refractivity contribution is -0.155. The second kappa shape index (κ2) is 9.34. The van der Waals surface area contributed by atoms with E-state index in [9.17, 15) is 9.59 Å². The highest BCUT2D eigenvalue weighted by Crippen LogP contribution is 2.29. The molecule has 1 aromatic carbocycles. The Kier molecular flexibility index (Phi) is 7.16. The molecule has 3 atom stereocenters. The first-order chi connectivity index (χ1) is 12.4. The van der Waals surface area contributed by atoms with Gasteiger partial charge in [0.1, 0.15) is 0 Å². The van der Waals surface area contributed by atoms with Gasteiger partial charge in [-0.1, -0.05) is 62.2 Å². The molecule has 5 nitrogen and oxygen atoms in total. The number of aromatic nitrogens is 1. The summed E-state index contributed by atoms with van der Waals surface area (Å²) in [7, 11) is 0. The Morgan fingerprint density at radius 2 is 1.85 bits per heavy atom. The smallest absolute Gasteiger partial charge is 0.314 e. The quantitative estimate of drug-likeness (QED) is 0.574. The van der Waals surface area contributed by atoms with E-state index in [0.29, 0.717) is 5.69 Å². The molecule has 26 heavy (non-hydrogen) atoms. The lowest BCUT2D eigenvalue weighted by atomic mass is 9.85. The summed E-state index contributed by atoms with van der Waals surface area (Å²) in [4.78, 5) is 29.0. The maximum atomic E-state index is 12.7. The second-order valence-electron chi connectivity index (χ2n) is 6.18. The Morgan fingerprint density at radius 1 is 1.15 bits per heavy atom. The van der Waals surface area contributed by atoms with Crippen LogP contribution in [0.2, 0.25) is 5.15 Å². The predicted octanol–water partition coefficient (Wildman–Crippen LogP) is 4.44. The third-order valence-electron chi connectivity index (χ3n) is 4.30. The number of pyridine rings is 1. The largest absolute Gasteiger partial charge is 0.452 e. The number of nitrogens with one attached hydrogen (secondary N) is 1. The Balaban J connectivity index is 2.08. The molecule has 1 amide bonds. The van der Waals surface area contributed by atoms with Gasteiger partial charge in [-0.25, -0.2) is 4.98 Å². The van der Waals surface area contributed by atoms with Crippen molar-refractivity contribution in [3.8, 4) is 0 Å². The number of carbonyl (C=O) groups excluding carboxylic acids is 2. The van der Waals surface area contributed by atoms with Crippen LogP contribution in [-0.2, 0) is 14.3 Å². The van der Waals surface area contributed by atoms with Crippen LogP contribution in [0.25, 0.3) is 0 Å². The van der Waals surface area contributed by atoms with Gasteiger partial charge < -0.3 is 10.1 Å². The molecule has 0 radical (unpaired) electrons. The highest BCUT2D eigenvalue weighted by molar-refractivity contribution is 6.32. The van der Waals surface area contributed by atoms with Crippen LogP contribution < -0.4 is 5.32 Å². The Labute approximate surface area is 158 Å². The number of benzene rings is 1. The molecule has 0 aliphatic rings. The van der Waals surface area contributed by atoms with Crippen molar-refractivity contribution in [2.45, 2.75) is 39.2 Å². The molecular formula is C20H23ClN2O3. The average molecular weight is 375 g/mol. The summed E-state index contributed by atoms with van der Waals surface area (Å²) in [5.74, 6) is -1.19. The third kappa shape index (κ3) is 5.05. The minimum absolute atomic E-state index is 0.0907. The van der Waals surface area contributed by atoms with Crippen molar-refractivity contribution in [1.82, 2.24) is 4.98 Å². The van der Waals surface area contributed by atoms with Crippen molar-refractivity contribution in [2.24, 2.45) is 5.92 Å². The van der Waals surface area contributed by atoms with E-state index in [1.54, 1.807) is 12.1 Å². The van der Waals surface area contributed by atoms with E-state index in [1.807, 2.05) is 44.2 Å². The predicted molar refractivity (Wildman–Crippen MR) is 102 cm³/mol. The van der Waals surface area contributed by atoms with Crippen molar-refractivity contribution in [3.63, 3.8) is 0 Å². The summed E-state index contributed by atoms with van der Waals surface area (Å²) in [5, 5.41) is 2.81. The van der Waals surface area contributed by atoms with Gasteiger partial charge in [0, 0.05) is 6.20 Å². The fraction of sp³-hybridized carbons (Fsp3) is 0.350. The van der Waals surface area contributed by atoms with Crippen molar-refractivity contribution in [1.29, 1.82) is 0 Å². The molecule has 0 unspecified atom stereocenters. The van der Waals surface area contributed by atoms with Crippen LogP contribution in [0.15, 0.2) is 48.7 Å². The highest BCUT2D eigenvalue weighted by Gasteiger charge is 2.30. The zero-order valence-corrected chi connectivity index (χ0v) is 15.9. The number of hydrogen-bond donors (Lipinski definition) is 1. The number of esters is 1. The van der Waals surface area contributed by atoms with E-state index < -0.39 is 23.9 Å². The van der Waals surface area contributed by atoms with Crippen molar-refractivity contribution in [3.05, 3.63) is 59.4 Å². The van der Waals surface area contributed by atoms with Crippen LogP contribution in [0.4, 0.5) is 5.69 Å². The minimum Gasteiger partial charge on any atom is -0.452 e. The molecule has 2 aromatic rings. The molecule has 0 saturated carbocycles. The van der Waals surface area contributed by atoms with Crippen molar-refractivity contribution in [2.75, 3.05) is 5.32 Å². The average Bonchev–Trinajstić information content (AvgIpc) is 2.64. The molecule has 0 aliphatic carbocycles. The van der Waals surface area contributed by atoms with E-state index in [0.717, 1.165) is 12.0 Å². The molecule has 2 rings (SSSR count). The SMILES string of the molecule is CC[C@@H](C)[C@H](C(=O)O[C@@H](C)C(=O)Nc1cccnc1Cl)c1ccccc1. The van der Waals surface area contributed by atoms with Crippen LogP contribution in [-0.4, -0.2) is 23.0 Å². The first-order valence-corrected chi connectivity index (χ1v) is 8.98. The van der Waals surface area contributed by atoms with E-state index in [2.05, 4.69) is 10.3 Å². The summed E-state index contributed by atoms with van der Waals surface area (Å²) in [5.41, 5.74) is 1.26. The van der Waals surface area contributed by atoms with Crippen LogP contribution in [0, 0.1) is 5.92 Å². The maximum Gasteiger partial charge on any atom is 0.314 e. The maximum absolute atomic E-state index is 12.7. The first kappa shape index (κ1) is 19.9. The Bertz CT molecular complexity index is 752. The number of ether oxygens (including phenoxy) is 1. The molecule has 1 heterocycles. The molecule has 0 bridgehead atoms. The van der Waals surface area contributed by atoms with E-state index in [1.165, 1.54) is 13.1 Å². The molecule has 138 valence electrons. The van der Waals surface area contributed by atoms with Gasteiger partial charge in [-0.3, -0.25) is 9.59 Å². The fourth-order valence-corrected chi connectivity index (χ4v) is 2.77. The van der Waals surface area contributed by atoms with Crippen molar-refractivity contribution < 1.29 is 14.3 Å². The van der Waals surface area contributed by atoms with E-state index >= 15 is 0 Å². The summed E-state index contributed by atoms with van der Waals surface area (Å²) in [6.07, 6.45) is 1.40. The molecule has 0 fully saturated rings. The lowest BCUT2D eigenvalue weighted by Gasteiger charge is -2.24. The van der Waals surface area contributed by atoms with Crippen LogP contribution in [0.1, 0.15) is 38.7 Å². The van der Waals surface area contributed by atoms with Gasteiger partial charge in [0.15, 0.2) is 11.3 Å². The normalized spacial score (nSPS) is 14.2. The van der Waals surface area contributed by atoms with E-state index in [4.69, 9.17) is 16.3 Å². The number of nitrogens with zero attached hydrogens (tertiary/aromatic N) is 1. The van der Waals surface area contributed by atoms with Gasteiger partial charge in [-0.2, -0.15) is 0 Å². The zero-order valence-electron chi connectivity index (χ0n) is 15.1. The summed E-state index contributed by atoms with van der Waals surface area (Å²) >= 11 is 5.94. The zero-order chi connectivity index (χ0) is 19.1. The Hall–Kier alpha value is -2.40. The molecule has 0 aliphatic heterocycles. The topological polar surface area (TPSA) is 68.3 Å². The molecule has 1 aromatic heterocycles. The molecule has 0 spiro atoms. The Morgan fingerprint density at radius 3 is 2.46 bits per heavy atom. The van der Waals surface area contributed by atoms with Gasteiger partial charge >= 0.3 is 5.97 Å². The van der Waals surface area contributed by atoms with Gasteiger partial charge in [0.2, 0.25) is 0 Å².